The van der Waals surface area contributed by atoms with E-state index < -0.39 is 54.1 Å². The lowest BCUT2D eigenvalue weighted by Crippen LogP contribution is -2.39. The third-order valence-electron chi connectivity index (χ3n) is 7.03. The normalized spacial score (nSPS) is 21.4. The lowest BCUT2D eigenvalue weighted by molar-refractivity contribution is -0.255. The number of esters is 1. The molecule has 3 aromatic carbocycles. The number of halogens is 1. The van der Waals surface area contributed by atoms with Crippen LogP contribution in [0, 0.1) is 0 Å². The van der Waals surface area contributed by atoms with Crippen molar-refractivity contribution in [1.82, 2.24) is 9.55 Å². The fraction of sp³-hybridized carbons (Fsp3) is 0.194. The van der Waals surface area contributed by atoms with E-state index in [0.29, 0.717) is 5.56 Å². The Morgan fingerprint density at radius 3 is 2.24 bits per heavy atom. The second-order valence-corrected chi connectivity index (χ2v) is 9.82. The summed E-state index contributed by atoms with van der Waals surface area (Å²) in [5.74, 6) is -4.05. The van der Waals surface area contributed by atoms with Gasteiger partial charge in [-0.3, -0.25) is 9.36 Å². The Bertz CT molecular complexity index is 1670. The molecule has 1 amide bonds. The molecular formula is C31H25FN3O7-. The number of carboxylic acid groups (broad SMARTS) is 1. The highest BCUT2D eigenvalue weighted by Gasteiger charge is 2.57. The van der Waals surface area contributed by atoms with Crippen molar-refractivity contribution in [3.63, 3.8) is 0 Å². The van der Waals surface area contributed by atoms with Crippen molar-refractivity contribution in [3.8, 4) is 0 Å². The number of benzene rings is 3. The zero-order valence-electron chi connectivity index (χ0n) is 22.3. The standard InChI is InChI=1S/C31H26FN3O7/c1-31(32)25(21-14-8-9-15-22(21)27(37)38)23(18-41-28(39)20-12-6-3-7-13-20)42-29(31)35-17-16-24(34-30(35)40)33-26(36)19-10-4-2-5-11-19/h2-17,23,25,29H,18H2,1H3,(H,37,38)(H,33,34,36,40)/p-1/t23-,25-,29-,31+/m1/s1. The zero-order valence-corrected chi connectivity index (χ0v) is 22.3. The topological polar surface area (TPSA) is 140 Å². The van der Waals surface area contributed by atoms with E-state index in [1.54, 1.807) is 60.7 Å². The number of rotatable bonds is 8. The van der Waals surface area contributed by atoms with Crippen molar-refractivity contribution in [3.05, 3.63) is 130 Å². The van der Waals surface area contributed by atoms with Crippen LogP contribution in [0.1, 0.15) is 55.7 Å². The number of carboxylic acids is 1. The molecule has 0 radical (unpaired) electrons. The average Bonchev–Trinajstić information content (AvgIpc) is 3.26. The molecule has 1 fully saturated rings. The number of nitrogens with one attached hydrogen (secondary N) is 1. The Balaban J connectivity index is 1.46. The van der Waals surface area contributed by atoms with Crippen LogP contribution in [0.25, 0.3) is 0 Å². The Hall–Kier alpha value is -5.16. The van der Waals surface area contributed by atoms with Crippen molar-refractivity contribution < 1.29 is 33.4 Å². The van der Waals surface area contributed by atoms with Gasteiger partial charge in [0.2, 0.25) is 0 Å². The van der Waals surface area contributed by atoms with E-state index in [0.717, 1.165) is 4.57 Å². The molecular weight excluding hydrogens is 545 g/mol. The summed E-state index contributed by atoms with van der Waals surface area (Å²) in [5.41, 5.74) is -2.92. The van der Waals surface area contributed by atoms with Crippen molar-refractivity contribution in [1.29, 1.82) is 0 Å². The van der Waals surface area contributed by atoms with Gasteiger partial charge in [0, 0.05) is 17.3 Å². The van der Waals surface area contributed by atoms with Crippen LogP contribution in [0.4, 0.5) is 10.2 Å². The molecule has 4 aromatic rings. The first-order chi connectivity index (χ1) is 20.2. The average molecular weight is 571 g/mol. The second kappa shape index (κ2) is 11.8. The lowest BCUT2D eigenvalue weighted by atomic mass is 9.80. The van der Waals surface area contributed by atoms with Crippen molar-refractivity contribution in [2.24, 2.45) is 0 Å². The summed E-state index contributed by atoms with van der Waals surface area (Å²) in [5, 5.41) is 14.4. The van der Waals surface area contributed by atoms with Crippen molar-refractivity contribution in [2.45, 2.75) is 30.8 Å². The SMILES string of the molecule is C[C@]1(F)[C@H](c2ccccc2C(=O)[O-])[C@@H](COC(=O)c2ccccc2)O[C@H]1n1ccc(NC(=O)c2ccccc2)nc1=O. The first kappa shape index (κ1) is 28.4. The lowest BCUT2D eigenvalue weighted by Gasteiger charge is -2.30. The van der Waals surface area contributed by atoms with Crippen LogP contribution in [-0.2, 0) is 9.47 Å². The number of aromatic nitrogens is 2. The molecule has 11 heteroatoms. The van der Waals surface area contributed by atoms with E-state index in [1.807, 2.05) is 0 Å². The Labute approximate surface area is 239 Å². The van der Waals surface area contributed by atoms with Crippen LogP contribution < -0.4 is 16.1 Å². The van der Waals surface area contributed by atoms with Gasteiger partial charge in [0.1, 0.15) is 18.5 Å². The molecule has 0 bridgehead atoms. The summed E-state index contributed by atoms with van der Waals surface area (Å²) >= 11 is 0. The summed E-state index contributed by atoms with van der Waals surface area (Å²) in [7, 11) is 0. The number of hydrogen-bond donors (Lipinski definition) is 1. The molecule has 4 atom stereocenters. The third kappa shape index (κ3) is 5.68. The summed E-state index contributed by atoms with van der Waals surface area (Å²) in [6.45, 7) is 0.730. The minimum Gasteiger partial charge on any atom is -0.545 e. The molecule has 0 spiro atoms. The minimum absolute atomic E-state index is 0.0542. The maximum Gasteiger partial charge on any atom is 0.351 e. The van der Waals surface area contributed by atoms with Gasteiger partial charge in [-0.2, -0.15) is 4.98 Å². The number of alkyl halides is 1. The van der Waals surface area contributed by atoms with E-state index in [2.05, 4.69) is 10.3 Å². The largest absolute Gasteiger partial charge is 0.545 e. The molecule has 42 heavy (non-hydrogen) atoms. The molecule has 1 aliphatic rings. The Morgan fingerprint density at radius 1 is 0.976 bits per heavy atom. The van der Waals surface area contributed by atoms with E-state index in [-0.39, 0.29) is 22.5 Å². The van der Waals surface area contributed by atoms with Gasteiger partial charge in [0.05, 0.1) is 17.5 Å². The number of carbonyl (C=O) groups excluding carboxylic acids is 3. The van der Waals surface area contributed by atoms with E-state index in [1.165, 1.54) is 43.5 Å². The number of aromatic carboxylic acids is 1. The van der Waals surface area contributed by atoms with E-state index in [4.69, 9.17) is 9.47 Å². The Morgan fingerprint density at radius 2 is 1.60 bits per heavy atom. The fourth-order valence-electron chi connectivity index (χ4n) is 5.08. The third-order valence-corrected chi connectivity index (χ3v) is 7.03. The van der Waals surface area contributed by atoms with Crippen LogP contribution in [0.15, 0.2) is 102 Å². The summed E-state index contributed by atoms with van der Waals surface area (Å²) < 4.78 is 29.2. The van der Waals surface area contributed by atoms with Gasteiger partial charge in [-0.1, -0.05) is 60.7 Å². The molecule has 214 valence electrons. The molecule has 2 heterocycles. The maximum absolute atomic E-state index is 16.8. The highest BCUT2D eigenvalue weighted by molar-refractivity contribution is 6.03. The highest BCUT2D eigenvalue weighted by Crippen LogP contribution is 2.51. The van der Waals surface area contributed by atoms with E-state index in [9.17, 15) is 24.3 Å². The summed E-state index contributed by atoms with van der Waals surface area (Å²) in [4.78, 5) is 54.0. The number of carbonyl (C=O) groups is 3. The second-order valence-electron chi connectivity index (χ2n) is 9.82. The molecule has 5 rings (SSSR count). The van der Waals surface area contributed by atoms with Crippen LogP contribution >= 0.6 is 0 Å². The molecule has 0 saturated carbocycles. The van der Waals surface area contributed by atoms with Crippen LogP contribution in [0.5, 0.6) is 0 Å². The van der Waals surface area contributed by atoms with E-state index >= 15 is 4.39 Å². The molecule has 1 aromatic heterocycles. The molecule has 10 nitrogen and oxygen atoms in total. The number of ether oxygens (including phenoxy) is 2. The zero-order chi connectivity index (χ0) is 29.9. The number of hydrogen-bond acceptors (Lipinski definition) is 8. The predicted molar refractivity (Wildman–Crippen MR) is 147 cm³/mol. The number of anilines is 1. The van der Waals surface area contributed by atoms with Gasteiger partial charge in [-0.15, -0.1) is 0 Å². The number of nitrogens with zero attached hydrogens (tertiary/aromatic N) is 2. The monoisotopic (exact) mass is 570 g/mol. The first-order valence-corrected chi connectivity index (χ1v) is 13.0. The van der Waals surface area contributed by atoms with Gasteiger partial charge in [0.25, 0.3) is 5.91 Å². The molecule has 1 N–H and O–H groups in total. The van der Waals surface area contributed by atoms with Crippen LogP contribution in [0.3, 0.4) is 0 Å². The predicted octanol–water partition coefficient (Wildman–Crippen LogP) is 3.13. The van der Waals surface area contributed by atoms with Crippen molar-refractivity contribution >= 4 is 23.7 Å². The van der Waals surface area contributed by atoms with Crippen LogP contribution in [0.2, 0.25) is 0 Å². The quantitative estimate of drug-likeness (QED) is 0.319. The molecule has 0 aliphatic carbocycles. The Kier molecular flexibility index (Phi) is 7.94. The smallest absolute Gasteiger partial charge is 0.351 e. The van der Waals surface area contributed by atoms with Gasteiger partial charge in [0.15, 0.2) is 11.9 Å². The maximum atomic E-state index is 16.8. The summed E-state index contributed by atoms with van der Waals surface area (Å²) in [6.07, 6.45) is -1.56. The van der Waals surface area contributed by atoms with Gasteiger partial charge < -0.3 is 24.7 Å². The number of amides is 1. The molecule has 1 saturated heterocycles. The van der Waals surface area contributed by atoms with Gasteiger partial charge in [-0.25, -0.2) is 14.0 Å². The van der Waals surface area contributed by atoms with Gasteiger partial charge in [-0.05, 0) is 42.8 Å². The van der Waals surface area contributed by atoms with Gasteiger partial charge >= 0.3 is 11.7 Å². The van der Waals surface area contributed by atoms with Crippen LogP contribution in [-0.4, -0.2) is 45.8 Å². The first-order valence-electron chi connectivity index (χ1n) is 13.0. The molecule has 0 unspecified atom stereocenters. The van der Waals surface area contributed by atoms with Crippen molar-refractivity contribution in [2.75, 3.05) is 11.9 Å². The molecule has 1 aliphatic heterocycles. The minimum atomic E-state index is -2.39. The fourth-order valence-corrected chi connectivity index (χ4v) is 5.08. The summed E-state index contributed by atoms with van der Waals surface area (Å²) in [6, 6.07) is 23.5. The highest BCUT2D eigenvalue weighted by atomic mass is 19.1.